The normalized spacial score (nSPS) is 9.93. The number of rotatable bonds is 7. The molecule has 0 unspecified atom stereocenters. The molecule has 28 heavy (non-hydrogen) atoms. The van der Waals surface area contributed by atoms with Gasteiger partial charge in [0.1, 0.15) is 11.6 Å². The Hall–Kier alpha value is -3.45. The average molecular weight is 402 g/mol. The molecule has 146 valence electrons. The van der Waals surface area contributed by atoms with Crippen LogP contribution in [0.1, 0.15) is 25.1 Å². The van der Waals surface area contributed by atoms with E-state index in [0.29, 0.717) is 22.1 Å². The van der Waals surface area contributed by atoms with Crippen molar-refractivity contribution >= 4 is 28.4 Å². The van der Waals surface area contributed by atoms with E-state index in [1.54, 1.807) is 26.2 Å². The molecule has 0 saturated heterocycles. The first-order chi connectivity index (χ1) is 13.4. The molecular formula is C18H18N4O5S. The number of carbonyl (C=O) groups excluding carboxylic acids is 2. The molecule has 0 amide bonds. The number of thiazole rings is 1. The van der Waals surface area contributed by atoms with Gasteiger partial charge in [0.15, 0.2) is 10.7 Å². The van der Waals surface area contributed by atoms with Crippen LogP contribution in [0.15, 0.2) is 28.0 Å². The number of esters is 2. The van der Waals surface area contributed by atoms with E-state index >= 15 is 0 Å². The highest BCUT2D eigenvalue weighted by atomic mass is 32.1. The van der Waals surface area contributed by atoms with Gasteiger partial charge in [-0.1, -0.05) is 0 Å². The van der Waals surface area contributed by atoms with Crippen molar-refractivity contribution in [2.75, 3.05) is 18.5 Å². The lowest BCUT2D eigenvalue weighted by atomic mass is 10.1. The van der Waals surface area contributed by atoms with Crippen molar-refractivity contribution in [1.82, 2.24) is 9.97 Å². The van der Waals surface area contributed by atoms with Gasteiger partial charge in [-0.2, -0.15) is 5.26 Å². The van der Waals surface area contributed by atoms with Crippen LogP contribution in [-0.2, 0) is 19.1 Å². The summed E-state index contributed by atoms with van der Waals surface area (Å²) in [6.07, 6.45) is 1.18. The standard InChI is InChI=1S/C18H18N4O5S/c1-4-26-16(24)13(17(25)27-5-2)8-20-18-22-14(9-28-18)12-6-11(7-19)15(23)21-10(12)3/h6,8-9H,4-5H2,1-3H3,(H,20,22)(H,21,23). The number of H-pyrrole nitrogens is 1. The second-order valence-corrected chi connectivity index (χ2v) is 6.20. The molecule has 0 aliphatic rings. The molecular weight excluding hydrogens is 384 g/mol. The van der Waals surface area contributed by atoms with E-state index in [2.05, 4.69) is 15.3 Å². The van der Waals surface area contributed by atoms with Crippen molar-refractivity contribution in [2.45, 2.75) is 20.8 Å². The second kappa shape index (κ2) is 9.48. The Balaban J connectivity index is 2.29. The number of aromatic nitrogens is 2. The van der Waals surface area contributed by atoms with Gasteiger partial charge in [-0.15, -0.1) is 11.3 Å². The lowest BCUT2D eigenvalue weighted by molar-refractivity contribution is -0.146. The first-order valence-corrected chi connectivity index (χ1v) is 9.20. The SMILES string of the molecule is CCOC(=O)C(=CNc1nc(-c2cc(C#N)c(=O)[nH]c2C)cs1)C(=O)OCC. The predicted molar refractivity (Wildman–Crippen MR) is 103 cm³/mol. The van der Waals surface area contributed by atoms with E-state index in [4.69, 9.17) is 14.7 Å². The summed E-state index contributed by atoms with van der Waals surface area (Å²) in [5, 5.41) is 13.9. The van der Waals surface area contributed by atoms with Crippen molar-refractivity contribution in [2.24, 2.45) is 0 Å². The molecule has 2 N–H and O–H groups in total. The van der Waals surface area contributed by atoms with Crippen LogP contribution < -0.4 is 10.9 Å². The van der Waals surface area contributed by atoms with Crippen LogP contribution in [0.25, 0.3) is 11.3 Å². The predicted octanol–water partition coefficient (Wildman–Crippen LogP) is 2.10. The highest BCUT2D eigenvalue weighted by Crippen LogP contribution is 2.26. The van der Waals surface area contributed by atoms with Gasteiger partial charge in [0, 0.05) is 22.8 Å². The molecule has 0 aliphatic heterocycles. The minimum atomic E-state index is -0.805. The van der Waals surface area contributed by atoms with E-state index in [-0.39, 0.29) is 24.4 Å². The highest BCUT2D eigenvalue weighted by Gasteiger charge is 2.21. The summed E-state index contributed by atoms with van der Waals surface area (Å²) in [6.45, 7) is 5.18. The summed E-state index contributed by atoms with van der Waals surface area (Å²) in [5.41, 5.74) is 0.923. The molecule has 10 heteroatoms. The fraction of sp³-hybridized carbons (Fsp3) is 0.278. The number of pyridine rings is 1. The molecule has 0 fully saturated rings. The van der Waals surface area contributed by atoms with E-state index in [1.807, 2.05) is 6.07 Å². The van der Waals surface area contributed by atoms with Gasteiger partial charge in [-0.05, 0) is 26.8 Å². The third-order valence-electron chi connectivity index (χ3n) is 3.47. The quantitative estimate of drug-likeness (QED) is 0.311. The summed E-state index contributed by atoms with van der Waals surface area (Å²) in [5.74, 6) is -1.61. The minimum absolute atomic E-state index is 0.0186. The Labute approximate surface area is 164 Å². The second-order valence-electron chi connectivity index (χ2n) is 5.34. The molecule has 0 aliphatic carbocycles. The van der Waals surface area contributed by atoms with Gasteiger partial charge in [-0.3, -0.25) is 4.79 Å². The Morgan fingerprint density at radius 3 is 2.54 bits per heavy atom. The molecule has 0 radical (unpaired) electrons. The maximum Gasteiger partial charge on any atom is 0.347 e. The summed E-state index contributed by atoms with van der Waals surface area (Å²) in [6, 6.07) is 3.30. The number of nitriles is 1. The zero-order chi connectivity index (χ0) is 20.7. The zero-order valence-corrected chi connectivity index (χ0v) is 16.3. The number of nitrogens with zero attached hydrogens (tertiary/aromatic N) is 2. The van der Waals surface area contributed by atoms with E-state index in [0.717, 1.165) is 0 Å². The fourth-order valence-corrected chi connectivity index (χ4v) is 2.87. The summed E-state index contributed by atoms with van der Waals surface area (Å²) >= 11 is 1.22. The van der Waals surface area contributed by atoms with Crippen LogP contribution in [0, 0.1) is 18.3 Å². The third kappa shape index (κ3) is 4.83. The highest BCUT2D eigenvalue weighted by molar-refractivity contribution is 7.14. The number of aromatic amines is 1. The van der Waals surface area contributed by atoms with Gasteiger partial charge < -0.3 is 19.8 Å². The first-order valence-electron chi connectivity index (χ1n) is 8.32. The topological polar surface area (TPSA) is 134 Å². The Bertz CT molecular complexity index is 996. The fourth-order valence-electron chi connectivity index (χ4n) is 2.19. The zero-order valence-electron chi connectivity index (χ0n) is 15.5. The number of ether oxygens (including phenoxy) is 2. The number of anilines is 1. The van der Waals surface area contributed by atoms with Crippen molar-refractivity contribution in [3.05, 3.63) is 44.8 Å². The summed E-state index contributed by atoms with van der Waals surface area (Å²) in [4.78, 5) is 42.5. The van der Waals surface area contributed by atoms with Crippen LogP contribution in [0.5, 0.6) is 0 Å². The number of hydrogen-bond donors (Lipinski definition) is 2. The molecule has 9 nitrogen and oxygen atoms in total. The van der Waals surface area contributed by atoms with Gasteiger partial charge in [-0.25, -0.2) is 14.6 Å². The molecule has 2 heterocycles. The van der Waals surface area contributed by atoms with Gasteiger partial charge >= 0.3 is 11.9 Å². The average Bonchev–Trinajstić information content (AvgIpc) is 3.11. The lowest BCUT2D eigenvalue weighted by Gasteiger charge is -2.06. The number of hydrogen-bond acceptors (Lipinski definition) is 9. The molecule has 2 rings (SSSR count). The number of carbonyl (C=O) groups is 2. The molecule has 0 saturated carbocycles. The Kier molecular flexibility index (Phi) is 7.06. The summed E-state index contributed by atoms with van der Waals surface area (Å²) < 4.78 is 9.71. The monoisotopic (exact) mass is 402 g/mol. The maximum absolute atomic E-state index is 11.9. The molecule has 2 aromatic heterocycles. The van der Waals surface area contributed by atoms with Crippen LogP contribution in [0.3, 0.4) is 0 Å². The Morgan fingerprint density at radius 1 is 1.32 bits per heavy atom. The lowest BCUT2D eigenvalue weighted by Crippen LogP contribution is -2.19. The Morgan fingerprint density at radius 2 is 1.96 bits per heavy atom. The molecule has 0 atom stereocenters. The van der Waals surface area contributed by atoms with Crippen LogP contribution >= 0.6 is 11.3 Å². The van der Waals surface area contributed by atoms with Crippen molar-refractivity contribution < 1.29 is 19.1 Å². The summed E-state index contributed by atoms with van der Waals surface area (Å²) in [7, 11) is 0. The third-order valence-corrected chi connectivity index (χ3v) is 4.24. The molecule has 0 spiro atoms. The molecule has 2 aromatic rings. The number of nitrogens with one attached hydrogen (secondary N) is 2. The minimum Gasteiger partial charge on any atom is -0.462 e. The van der Waals surface area contributed by atoms with E-state index < -0.39 is 17.5 Å². The molecule has 0 aromatic carbocycles. The smallest absolute Gasteiger partial charge is 0.347 e. The number of aryl methyl sites for hydroxylation is 1. The van der Waals surface area contributed by atoms with Gasteiger partial charge in [0.25, 0.3) is 5.56 Å². The van der Waals surface area contributed by atoms with Crippen LogP contribution in [-0.4, -0.2) is 35.1 Å². The van der Waals surface area contributed by atoms with Gasteiger partial charge in [0.05, 0.1) is 18.9 Å². The van der Waals surface area contributed by atoms with Crippen LogP contribution in [0.4, 0.5) is 5.13 Å². The molecule has 0 bridgehead atoms. The van der Waals surface area contributed by atoms with Crippen molar-refractivity contribution in [3.63, 3.8) is 0 Å². The van der Waals surface area contributed by atoms with E-state index in [9.17, 15) is 14.4 Å². The van der Waals surface area contributed by atoms with E-state index in [1.165, 1.54) is 23.6 Å². The van der Waals surface area contributed by atoms with Crippen molar-refractivity contribution in [1.29, 1.82) is 5.26 Å². The van der Waals surface area contributed by atoms with Crippen molar-refractivity contribution in [3.8, 4) is 17.3 Å². The largest absolute Gasteiger partial charge is 0.462 e. The first kappa shape index (κ1) is 20.9. The maximum atomic E-state index is 11.9. The van der Waals surface area contributed by atoms with Gasteiger partial charge in [0.2, 0.25) is 0 Å². The van der Waals surface area contributed by atoms with Crippen LogP contribution in [0.2, 0.25) is 0 Å².